The Morgan fingerprint density at radius 3 is 2.35 bits per heavy atom. The monoisotopic (exact) mass is 488 g/mol. The molecule has 5 N–H and O–H groups in total. The van der Waals surface area contributed by atoms with Crippen LogP contribution >= 0.6 is 0 Å². The van der Waals surface area contributed by atoms with Crippen LogP contribution < -0.4 is 16.4 Å². The molecule has 34 heavy (non-hydrogen) atoms. The van der Waals surface area contributed by atoms with E-state index in [0.29, 0.717) is 24.1 Å². The van der Waals surface area contributed by atoms with Gasteiger partial charge in [0.25, 0.3) is 0 Å². The van der Waals surface area contributed by atoms with E-state index in [1.54, 1.807) is 36.4 Å². The molecule has 0 saturated carbocycles. The summed E-state index contributed by atoms with van der Waals surface area (Å²) in [6, 6.07) is 10.6. The highest BCUT2D eigenvalue weighted by Gasteiger charge is 2.40. The molecule has 182 valence electrons. The number of sulfonamides is 1. The number of aliphatic carboxylic acids is 1. The Labute approximate surface area is 198 Å². The summed E-state index contributed by atoms with van der Waals surface area (Å²) in [4.78, 5) is 36.2. The lowest BCUT2D eigenvalue weighted by Gasteiger charge is -2.25. The van der Waals surface area contributed by atoms with E-state index < -0.39 is 34.0 Å². The van der Waals surface area contributed by atoms with Crippen molar-refractivity contribution >= 4 is 33.5 Å². The molecule has 0 radical (unpaired) electrons. The topological polar surface area (TPSA) is 159 Å². The number of rotatable bonds is 9. The van der Waals surface area contributed by atoms with Crippen molar-refractivity contribution in [1.29, 1.82) is 0 Å². The van der Waals surface area contributed by atoms with Crippen LogP contribution in [0.15, 0.2) is 53.4 Å². The molecule has 2 aromatic rings. The first kappa shape index (κ1) is 25.3. The van der Waals surface area contributed by atoms with Gasteiger partial charge >= 0.3 is 5.97 Å². The van der Waals surface area contributed by atoms with Gasteiger partial charge in [-0.15, -0.1) is 0 Å². The Kier molecular flexibility index (Phi) is 8.02. The summed E-state index contributed by atoms with van der Waals surface area (Å²) in [5.74, 6) is -2.24. The first-order valence-corrected chi connectivity index (χ1v) is 12.3. The van der Waals surface area contributed by atoms with Crippen molar-refractivity contribution in [3.63, 3.8) is 0 Å². The first-order valence-electron chi connectivity index (χ1n) is 10.8. The normalized spacial score (nSPS) is 17.2. The van der Waals surface area contributed by atoms with Crippen molar-refractivity contribution in [2.75, 3.05) is 18.4 Å². The maximum Gasteiger partial charge on any atom is 0.326 e. The zero-order chi connectivity index (χ0) is 24.9. The second-order valence-corrected chi connectivity index (χ2v) is 10.0. The van der Waals surface area contributed by atoms with Crippen molar-refractivity contribution in [3.8, 4) is 0 Å². The lowest BCUT2D eigenvalue weighted by molar-refractivity contribution is -0.142. The summed E-state index contributed by atoms with van der Waals surface area (Å²) in [7, 11) is -3.90. The van der Waals surface area contributed by atoms with Crippen molar-refractivity contribution < 1.29 is 27.9 Å². The third kappa shape index (κ3) is 5.99. The van der Waals surface area contributed by atoms with Crippen LogP contribution in [-0.2, 0) is 30.8 Å². The fourth-order valence-electron chi connectivity index (χ4n) is 3.78. The van der Waals surface area contributed by atoms with E-state index in [9.17, 15) is 27.9 Å². The van der Waals surface area contributed by atoms with E-state index in [1.165, 1.54) is 12.1 Å². The van der Waals surface area contributed by atoms with E-state index in [4.69, 9.17) is 5.73 Å². The average molecular weight is 489 g/mol. The molecule has 1 aliphatic rings. The second kappa shape index (κ2) is 10.8. The van der Waals surface area contributed by atoms with Crippen LogP contribution in [0, 0.1) is 6.92 Å². The molecule has 0 spiro atoms. The number of anilines is 1. The smallest absolute Gasteiger partial charge is 0.326 e. The molecular weight excluding hydrogens is 460 g/mol. The van der Waals surface area contributed by atoms with Gasteiger partial charge in [0.15, 0.2) is 0 Å². The number of amides is 2. The number of nitrogens with zero attached hydrogens (tertiary/aromatic N) is 1. The number of aryl methyl sites for hydroxylation is 1. The van der Waals surface area contributed by atoms with Crippen molar-refractivity contribution in [1.82, 2.24) is 9.62 Å². The number of carboxylic acid groups (broad SMARTS) is 1. The van der Waals surface area contributed by atoms with Gasteiger partial charge in [0, 0.05) is 18.7 Å². The van der Waals surface area contributed by atoms with E-state index in [-0.39, 0.29) is 30.3 Å². The molecule has 10 nitrogen and oxygen atoms in total. The number of hydrogen-bond acceptors (Lipinski definition) is 6. The molecule has 1 aliphatic heterocycles. The van der Waals surface area contributed by atoms with Gasteiger partial charge in [-0.25, -0.2) is 13.2 Å². The lowest BCUT2D eigenvalue weighted by atomic mass is 10.0. The standard InChI is InChI=1S/C23H28N4O6S/c1-15-4-10-18(11-5-15)34(32,33)27-12-2-3-20(27)22(29)26-19(23(30)31)13-16-6-8-17(9-7-16)25-21(28)14-24/h4-11,19-20H,2-3,12-14,24H2,1H3,(H,25,28)(H,26,29)(H,30,31)/t19-,20-/m0/s1. The molecule has 3 rings (SSSR count). The van der Waals surface area contributed by atoms with Crippen LogP contribution in [0.25, 0.3) is 0 Å². The molecule has 0 unspecified atom stereocenters. The average Bonchev–Trinajstić information content (AvgIpc) is 3.31. The highest BCUT2D eigenvalue weighted by Crippen LogP contribution is 2.26. The largest absolute Gasteiger partial charge is 0.480 e. The van der Waals surface area contributed by atoms with E-state index >= 15 is 0 Å². The van der Waals surface area contributed by atoms with Crippen LogP contribution in [0.4, 0.5) is 5.69 Å². The molecule has 11 heteroatoms. The summed E-state index contributed by atoms with van der Waals surface area (Å²) < 4.78 is 27.3. The molecule has 2 atom stereocenters. The minimum Gasteiger partial charge on any atom is -0.480 e. The quantitative estimate of drug-likeness (QED) is 0.407. The summed E-state index contributed by atoms with van der Waals surface area (Å²) in [5, 5.41) is 14.7. The van der Waals surface area contributed by atoms with Gasteiger partial charge in [-0.05, 0) is 49.6 Å². The zero-order valence-corrected chi connectivity index (χ0v) is 19.5. The van der Waals surface area contributed by atoms with Gasteiger partial charge in [-0.2, -0.15) is 4.31 Å². The van der Waals surface area contributed by atoms with Crippen LogP contribution in [0.3, 0.4) is 0 Å². The van der Waals surface area contributed by atoms with Gasteiger partial charge in [-0.1, -0.05) is 29.8 Å². The van der Waals surface area contributed by atoms with Crippen LogP contribution in [0.2, 0.25) is 0 Å². The molecule has 1 fully saturated rings. The third-order valence-corrected chi connectivity index (χ3v) is 7.53. The molecular formula is C23H28N4O6S. The summed E-state index contributed by atoms with van der Waals surface area (Å²) in [5.41, 5.74) is 7.31. The fourth-order valence-corrected chi connectivity index (χ4v) is 5.43. The minimum absolute atomic E-state index is 0.0103. The molecule has 1 heterocycles. The van der Waals surface area contributed by atoms with Gasteiger partial charge in [-0.3, -0.25) is 9.59 Å². The van der Waals surface area contributed by atoms with Gasteiger partial charge in [0.05, 0.1) is 11.4 Å². The van der Waals surface area contributed by atoms with Gasteiger partial charge in [0.2, 0.25) is 21.8 Å². The molecule has 0 bridgehead atoms. The van der Waals surface area contributed by atoms with Gasteiger partial charge in [0.1, 0.15) is 12.1 Å². The Morgan fingerprint density at radius 2 is 1.76 bits per heavy atom. The number of nitrogens with two attached hydrogens (primary N) is 1. The number of benzene rings is 2. The number of carbonyl (C=O) groups is 3. The van der Waals surface area contributed by atoms with Crippen molar-refractivity contribution in [2.24, 2.45) is 5.73 Å². The summed E-state index contributed by atoms with van der Waals surface area (Å²) in [6.07, 6.45) is 0.791. The van der Waals surface area contributed by atoms with E-state index in [1.807, 2.05) is 6.92 Å². The second-order valence-electron chi connectivity index (χ2n) is 8.14. The van der Waals surface area contributed by atoms with Crippen LogP contribution in [0.1, 0.15) is 24.0 Å². The van der Waals surface area contributed by atoms with Gasteiger partial charge < -0.3 is 21.5 Å². The SMILES string of the molecule is Cc1ccc(S(=O)(=O)N2CCC[C@H]2C(=O)N[C@@H](Cc2ccc(NC(=O)CN)cc2)C(=O)O)cc1. The minimum atomic E-state index is -3.90. The van der Waals surface area contributed by atoms with Crippen molar-refractivity contribution in [3.05, 3.63) is 59.7 Å². The molecule has 2 amide bonds. The lowest BCUT2D eigenvalue weighted by Crippen LogP contribution is -2.51. The molecule has 1 saturated heterocycles. The highest BCUT2D eigenvalue weighted by molar-refractivity contribution is 7.89. The summed E-state index contributed by atoms with van der Waals surface area (Å²) in [6.45, 7) is 1.87. The Morgan fingerprint density at radius 1 is 1.12 bits per heavy atom. The predicted molar refractivity (Wildman–Crippen MR) is 125 cm³/mol. The molecule has 0 aliphatic carbocycles. The Balaban J connectivity index is 1.70. The maximum atomic E-state index is 13.1. The zero-order valence-electron chi connectivity index (χ0n) is 18.7. The fraction of sp³-hybridized carbons (Fsp3) is 0.348. The predicted octanol–water partition coefficient (Wildman–Crippen LogP) is 0.857. The van der Waals surface area contributed by atoms with Crippen LogP contribution in [0.5, 0.6) is 0 Å². The van der Waals surface area contributed by atoms with E-state index in [2.05, 4.69) is 10.6 Å². The summed E-state index contributed by atoms with van der Waals surface area (Å²) >= 11 is 0. The number of hydrogen-bond donors (Lipinski definition) is 4. The third-order valence-electron chi connectivity index (χ3n) is 5.61. The maximum absolute atomic E-state index is 13.1. The first-order chi connectivity index (χ1) is 16.1. The van der Waals surface area contributed by atoms with Crippen LogP contribution in [-0.4, -0.2) is 60.8 Å². The highest BCUT2D eigenvalue weighted by atomic mass is 32.2. The molecule has 2 aromatic carbocycles. The molecule has 0 aromatic heterocycles. The number of carbonyl (C=O) groups excluding carboxylic acids is 2. The Bertz CT molecular complexity index is 1150. The van der Waals surface area contributed by atoms with Crippen molar-refractivity contribution in [2.45, 2.75) is 43.2 Å². The number of nitrogens with one attached hydrogen (secondary N) is 2. The number of carboxylic acids is 1. The Hall–Kier alpha value is -3.28. The van der Waals surface area contributed by atoms with E-state index in [0.717, 1.165) is 9.87 Å².